The van der Waals surface area contributed by atoms with Crippen molar-refractivity contribution in [2.45, 2.75) is 31.4 Å². The summed E-state index contributed by atoms with van der Waals surface area (Å²) in [6.07, 6.45) is 1.59. The number of carbonyl (C=O) groups is 2. The first-order valence-electron chi connectivity index (χ1n) is 5.32. The van der Waals surface area contributed by atoms with Crippen LogP contribution >= 0.6 is 0 Å². The lowest BCUT2D eigenvalue weighted by Gasteiger charge is -2.22. The van der Waals surface area contributed by atoms with E-state index in [1.165, 1.54) is 12.0 Å². The molecule has 6 nitrogen and oxygen atoms in total. The van der Waals surface area contributed by atoms with Gasteiger partial charge in [-0.15, -0.1) is 0 Å². The fraction of sp³-hybridized carbons (Fsp3) is 0.800. The number of aliphatic carboxylic acids is 1. The highest BCUT2D eigenvalue weighted by atomic mass is 16.5. The second kappa shape index (κ2) is 5.81. The highest BCUT2D eigenvalue weighted by Crippen LogP contribution is 2.27. The maximum absolute atomic E-state index is 11.8. The molecule has 0 radical (unpaired) electrons. The molecule has 1 saturated carbocycles. The van der Waals surface area contributed by atoms with Gasteiger partial charge >= 0.3 is 5.97 Å². The van der Waals surface area contributed by atoms with E-state index in [-0.39, 0.29) is 37.6 Å². The van der Waals surface area contributed by atoms with Gasteiger partial charge in [-0.1, -0.05) is 0 Å². The highest BCUT2D eigenvalue weighted by Gasteiger charge is 2.34. The Balaban J connectivity index is 2.49. The summed E-state index contributed by atoms with van der Waals surface area (Å²) >= 11 is 0. The Hall–Kier alpha value is -1.14. The summed E-state index contributed by atoms with van der Waals surface area (Å²) in [5, 5.41) is 8.71. The quantitative estimate of drug-likeness (QED) is 0.610. The van der Waals surface area contributed by atoms with Crippen molar-refractivity contribution in [2.75, 3.05) is 20.2 Å². The van der Waals surface area contributed by atoms with Crippen LogP contribution in [0.4, 0.5) is 0 Å². The Morgan fingerprint density at radius 2 is 2.19 bits per heavy atom. The van der Waals surface area contributed by atoms with Crippen molar-refractivity contribution in [2.24, 2.45) is 5.73 Å². The summed E-state index contributed by atoms with van der Waals surface area (Å²) in [6, 6.07) is 0.0962. The minimum absolute atomic E-state index is 0.0962. The van der Waals surface area contributed by atoms with Crippen LogP contribution < -0.4 is 5.73 Å². The van der Waals surface area contributed by atoms with E-state index >= 15 is 0 Å². The molecule has 1 fully saturated rings. The Morgan fingerprint density at radius 1 is 1.56 bits per heavy atom. The van der Waals surface area contributed by atoms with E-state index in [2.05, 4.69) is 0 Å². The molecule has 0 aliphatic heterocycles. The first-order chi connectivity index (χ1) is 7.58. The topological polar surface area (TPSA) is 92.9 Å². The molecule has 0 aromatic heterocycles. The third-order valence-corrected chi connectivity index (χ3v) is 2.61. The number of hydrogen-bond donors (Lipinski definition) is 2. The number of carbonyl (C=O) groups excluding carboxylic acids is 1. The smallest absolute Gasteiger partial charge is 0.323 e. The summed E-state index contributed by atoms with van der Waals surface area (Å²) in [7, 11) is 1.49. The summed E-state index contributed by atoms with van der Waals surface area (Å²) in [4.78, 5) is 23.8. The van der Waals surface area contributed by atoms with Crippen molar-refractivity contribution in [3.05, 3.63) is 0 Å². The van der Waals surface area contributed by atoms with Crippen LogP contribution in [0.1, 0.15) is 19.3 Å². The van der Waals surface area contributed by atoms with Crippen LogP contribution in [0.15, 0.2) is 0 Å². The van der Waals surface area contributed by atoms with Gasteiger partial charge < -0.3 is 20.5 Å². The molecule has 1 aliphatic rings. The molecule has 1 amide bonds. The molecule has 3 N–H and O–H groups in total. The fourth-order valence-corrected chi connectivity index (χ4v) is 1.53. The Labute approximate surface area is 94.3 Å². The predicted octanol–water partition coefficient (Wildman–Crippen LogP) is -0.574. The van der Waals surface area contributed by atoms with E-state index in [1.54, 1.807) is 0 Å². The molecule has 1 rings (SSSR count). The van der Waals surface area contributed by atoms with Gasteiger partial charge in [0, 0.05) is 19.7 Å². The molecule has 92 valence electrons. The summed E-state index contributed by atoms with van der Waals surface area (Å²) in [6.45, 7) is 0.0261. The van der Waals surface area contributed by atoms with Gasteiger partial charge in [-0.25, -0.2) is 0 Å². The molecule has 0 spiro atoms. The molecule has 0 bridgehead atoms. The van der Waals surface area contributed by atoms with Crippen LogP contribution in [0.2, 0.25) is 0 Å². The maximum Gasteiger partial charge on any atom is 0.323 e. The van der Waals surface area contributed by atoms with Gasteiger partial charge in [0.25, 0.3) is 0 Å². The lowest BCUT2D eigenvalue weighted by molar-refractivity contribution is -0.145. The summed E-state index contributed by atoms with van der Waals surface area (Å²) in [5.74, 6) is -1.18. The van der Waals surface area contributed by atoms with Gasteiger partial charge in [0.15, 0.2) is 0 Å². The van der Waals surface area contributed by atoms with Crippen LogP contribution in [0.3, 0.4) is 0 Å². The van der Waals surface area contributed by atoms with Gasteiger partial charge in [-0.05, 0) is 12.8 Å². The number of rotatable bonds is 7. The molecule has 0 saturated heterocycles. The summed E-state index contributed by atoms with van der Waals surface area (Å²) < 4.78 is 5.01. The van der Waals surface area contributed by atoms with Gasteiger partial charge in [-0.2, -0.15) is 0 Å². The largest absolute Gasteiger partial charge is 0.480 e. The SMILES string of the molecule is COC(CN)CC(=O)N(CC(=O)O)C1CC1. The van der Waals surface area contributed by atoms with Crippen LogP contribution in [-0.2, 0) is 14.3 Å². The molecule has 1 aliphatic carbocycles. The van der Waals surface area contributed by atoms with E-state index < -0.39 is 5.97 Å². The number of carboxylic acid groups (broad SMARTS) is 1. The number of nitrogens with two attached hydrogens (primary N) is 1. The maximum atomic E-state index is 11.8. The minimum atomic E-state index is -0.984. The lowest BCUT2D eigenvalue weighted by atomic mass is 10.2. The van der Waals surface area contributed by atoms with Crippen molar-refractivity contribution in [1.82, 2.24) is 4.90 Å². The van der Waals surface area contributed by atoms with Crippen LogP contribution in [0, 0.1) is 0 Å². The Bertz CT molecular complexity index is 262. The molecule has 1 unspecified atom stereocenters. The van der Waals surface area contributed by atoms with Crippen LogP contribution in [0.5, 0.6) is 0 Å². The molecule has 6 heteroatoms. The first-order valence-corrected chi connectivity index (χ1v) is 5.32. The van der Waals surface area contributed by atoms with Crippen LogP contribution in [-0.4, -0.2) is 54.2 Å². The van der Waals surface area contributed by atoms with E-state index in [0.717, 1.165) is 12.8 Å². The van der Waals surface area contributed by atoms with Crippen molar-refractivity contribution in [3.63, 3.8) is 0 Å². The van der Waals surface area contributed by atoms with Crippen molar-refractivity contribution in [3.8, 4) is 0 Å². The average molecular weight is 230 g/mol. The molecule has 0 aromatic rings. The van der Waals surface area contributed by atoms with Crippen LogP contribution in [0.25, 0.3) is 0 Å². The number of ether oxygens (including phenoxy) is 1. The van der Waals surface area contributed by atoms with Crippen molar-refractivity contribution >= 4 is 11.9 Å². The zero-order valence-corrected chi connectivity index (χ0v) is 9.39. The molecule has 16 heavy (non-hydrogen) atoms. The zero-order chi connectivity index (χ0) is 12.1. The monoisotopic (exact) mass is 230 g/mol. The van der Waals surface area contributed by atoms with Gasteiger partial charge in [-0.3, -0.25) is 9.59 Å². The third-order valence-electron chi connectivity index (χ3n) is 2.61. The standard InChI is InChI=1S/C10H18N2O4/c1-16-8(5-11)4-9(13)12(6-10(14)15)7-2-3-7/h7-8H,2-6,11H2,1H3,(H,14,15). The number of nitrogens with zero attached hydrogens (tertiary/aromatic N) is 1. The van der Waals surface area contributed by atoms with E-state index in [1.807, 2.05) is 0 Å². The average Bonchev–Trinajstić information content (AvgIpc) is 3.05. The number of amides is 1. The van der Waals surface area contributed by atoms with E-state index in [4.69, 9.17) is 15.6 Å². The molecule has 1 atom stereocenters. The van der Waals surface area contributed by atoms with Gasteiger partial charge in [0.05, 0.1) is 12.5 Å². The number of carboxylic acids is 1. The first kappa shape index (κ1) is 12.9. The second-order valence-electron chi connectivity index (χ2n) is 3.94. The zero-order valence-electron chi connectivity index (χ0n) is 9.39. The van der Waals surface area contributed by atoms with Crippen molar-refractivity contribution in [1.29, 1.82) is 0 Å². The third kappa shape index (κ3) is 3.79. The van der Waals surface area contributed by atoms with Crippen molar-refractivity contribution < 1.29 is 19.4 Å². The Morgan fingerprint density at radius 3 is 2.56 bits per heavy atom. The number of hydrogen-bond acceptors (Lipinski definition) is 4. The van der Waals surface area contributed by atoms with E-state index in [0.29, 0.717) is 0 Å². The normalized spacial score (nSPS) is 16.9. The second-order valence-corrected chi connectivity index (χ2v) is 3.94. The van der Waals surface area contributed by atoms with E-state index in [9.17, 15) is 9.59 Å². The lowest BCUT2D eigenvalue weighted by Crippen LogP contribution is -2.40. The fourth-order valence-electron chi connectivity index (χ4n) is 1.53. The summed E-state index contributed by atoms with van der Waals surface area (Å²) in [5.41, 5.74) is 5.41. The molecule has 0 aromatic carbocycles. The minimum Gasteiger partial charge on any atom is -0.480 e. The Kier molecular flexibility index (Phi) is 4.70. The number of methoxy groups -OCH3 is 1. The predicted molar refractivity (Wildman–Crippen MR) is 56.8 cm³/mol. The van der Waals surface area contributed by atoms with Gasteiger partial charge in [0.2, 0.25) is 5.91 Å². The molecular weight excluding hydrogens is 212 g/mol. The molecular formula is C10H18N2O4. The molecule has 0 heterocycles. The van der Waals surface area contributed by atoms with Gasteiger partial charge in [0.1, 0.15) is 6.54 Å². The highest BCUT2D eigenvalue weighted by molar-refractivity contribution is 5.82.